The summed E-state index contributed by atoms with van der Waals surface area (Å²) in [5.41, 5.74) is 6.63. The molecule has 0 saturated carbocycles. The molecule has 0 aliphatic heterocycles. The average Bonchev–Trinajstić information content (AvgIpc) is 2.26. The fourth-order valence-corrected chi connectivity index (χ4v) is 3.30. The van der Waals surface area contributed by atoms with Gasteiger partial charge < -0.3 is 0 Å². The van der Waals surface area contributed by atoms with Crippen LogP contribution >= 0.6 is 0 Å². The Morgan fingerprint density at radius 2 is 0.909 bits per heavy atom. The molecule has 0 atom stereocenters. The molecule has 0 saturated heterocycles. The van der Waals surface area contributed by atoms with Crippen molar-refractivity contribution in [2.75, 3.05) is 0 Å². The second-order valence-corrected chi connectivity index (χ2v) is 9.86. The monoisotopic (exact) mass is 302 g/mol. The highest BCUT2D eigenvalue weighted by Crippen LogP contribution is 2.35. The van der Waals surface area contributed by atoms with Crippen LogP contribution in [0.3, 0.4) is 0 Å². The van der Waals surface area contributed by atoms with Crippen molar-refractivity contribution in [1.29, 1.82) is 0 Å². The number of benzene rings is 1. The van der Waals surface area contributed by atoms with E-state index in [1.807, 2.05) is 0 Å². The Morgan fingerprint density at radius 3 is 1.09 bits per heavy atom. The molecule has 0 radical (unpaired) electrons. The van der Waals surface area contributed by atoms with Gasteiger partial charge in [-0.15, -0.1) is 0 Å². The molecular formula is C22H38. The number of hydrogen-bond acceptors (Lipinski definition) is 0. The summed E-state index contributed by atoms with van der Waals surface area (Å²) >= 11 is 0. The van der Waals surface area contributed by atoms with Crippen molar-refractivity contribution >= 4 is 0 Å². The van der Waals surface area contributed by atoms with Crippen molar-refractivity contribution in [3.05, 3.63) is 34.4 Å². The largest absolute Gasteiger partial charge is 0.0625 e. The predicted molar refractivity (Wildman–Crippen MR) is 101 cm³/mol. The van der Waals surface area contributed by atoms with E-state index in [1.165, 1.54) is 12.8 Å². The first-order valence-corrected chi connectivity index (χ1v) is 8.99. The van der Waals surface area contributed by atoms with Crippen molar-refractivity contribution in [3.63, 3.8) is 0 Å². The zero-order valence-corrected chi connectivity index (χ0v) is 16.7. The van der Waals surface area contributed by atoms with E-state index in [2.05, 4.69) is 81.4 Å². The minimum atomic E-state index is 0.215. The third kappa shape index (κ3) is 5.14. The maximum Gasteiger partial charge on any atom is -0.0129 e. The van der Waals surface area contributed by atoms with E-state index in [9.17, 15) is 0 Å². The Balaban J connectivity index is 3.56. The zero-order valence-electron chi connectivity index (χ0n) is 16.7. The Bertz CT molecular complexity index is 442. The fraction of sp³-hybridized carbons (Fsp3) is 0.727. The third-order valence-electron chi connectivity index (χ3n) is 4.20. The van der Waals surface area contributed by atoms with Crippen molar-refractivity contribution in [1.82, 2.24) is 0 Å². The van der Waals surface area contributed by atoms with E-state index < -0.39 is 0 Å². The van der Waals surface area contributed by atoms with Crippen LogP contribution in [-0.4, -0.2) is 0 Å². The van der Waals surface area contributed by atoms with Crippen LogP contribution in [0.4, 0.5) is 0 Å². The predicted octanol–water partition coefficient (Wildman–Crippen LogP) is 6.68. The highest BCUT2D eigenvalue weighted by atomic mass is 14.3. The topological polar surface area (TPSA) is 0 Å². The van der Waals surface area contributed by atoms with E-state index in [1.54, 1.807) is 22.3 Å². The van der Waals surface area contributed by atoms with Gasteiger partial charge in [-0.1, -0.05) is 81.4 Å². The lowest BCUT2D eigenvalue weighted by Gasteiger charge is -2.31. The molecule has 0 fully saturated rings. The summed E-state index contributed by atoms with van der Waals surface area (Å²) in [5, 5.41) is 0. The molecule has 0 aliphatic rings. The second kappa shape index (κ2) is 6.77. The Labute approximate surface area is 139 Å². The average molecular weight is 303 g/mol. The van der Waals surface area contributed by atoms with Crippen LogP contribution in [0.15, 0.2) is 12.1 Å². The van der Waals surface area contributed by atoms with Gasteiger partial charge in [0.1, 0.15) is 0 Å². The number of rotatable bonds is 4. The lowest BCUT2D eigenvalue weighted by Crippen LogP contribution is -2.21. The van der Waals surface area contributed by atoms with Crippen LogP contribution in [-0.2, 0) is 23.7 Å². The standard InChI is InChI=1S/C22H38/c1-15(2)11-17-13-20(22(8,9)10)18(12-16(3)4)14-19(17)21(5,6)7/h13-16H,11-12H2,1-10H3. The molecule has 1 aromatic carbocycles. The van der Waals surface area contributed by atoms with Crippen molar-refractivity contribution < 1.29 is 0 Å². The smallest absolute Gasteiger partial charge is 0.0129 e. The van der Waals surface area contributed by atoms with Crippen molar-refractivity contribution in [2.45, 2.75) is 92.9 Å². The van der Waals surface area contributed by atoms with Gasteiger partial charge in [-0.2, -0.15) is 0 Å². The molecule has 0 heteroatoms. The first kappa shape index (κ1) is 19.3. The molecule has 0 unspecified atom stereocenters. The molecule has 126 valence electrons. The molecule has 0 aromatic heterocycles. The minimum absolute atomic E-state index is 0.215. The quantitative estimate of drug-likeness (QED) is 0.582. The van der Waals surface area contributed by atoms with E-state index in [4.69, 9.17) is 0 Å². The van der Waals surface area contributed by atoms with Crippen LogP contribution in [0.25, 0.3) is 0 Å². The molecule has 0 nitrogen and oxygen atoms in total. The highest BCUT2D eigenvalue weighted by molar-refractivity contribution is 5.45. The SMILES string of the molecule is CC(C)Cc1cc(C(C)(C)C)c(CC(C)C)cc1C(C)(C)C. The third-order valence-corrected chi connectivity index (χ3v) is 4.20. The fourth-order valence-electron chi connectivity index (χ4n) is 3.30. The highest BCUT2D eigenvalue weighted by Gasteiger charge is 2.25. The molecule has 22 heavy (non-hydrogen) atoms. The van der Waals surface area contributed by atoms with Gasteiger partial charge in [-0.3, -0.25) is 0 Å². The Hall–Kier alpha value is -0.780. The van der Waals surface area contributed by atoms with Crippen molar-refractivity contribution in [3.8, 4) is 0 Å². The summed E-state index contributed by atoms with van der Waals surface area (Å²) in [6.45, 7) is 23.4. The summed E-state index contributed by atoms with van der Waals surface area (Å²) < 4.78 is 0. The van der Waals surface area contributed by atoms with Gasteiger partial charge in [-0.25, -0.2) is 0 Å². The first-order chi connectivity index (χ1) is 9.82. The van der Waals surface area contributed by atoms with Crippen LogP contribution in [0.5, 0.6) is 0 Å². The summed E-state index contributed by atoms with van der Waals surface area (Å²) in [7, 11) is 0. The summed E-state index contributed by atoms with van der Waals surface area (Å²) in [6.07, 6.45) is 2.36. The maximum atomic E-state index is 2.53. The number of hydrogen-bond donors (Lipinski definition) is 0. The maximum absolute atomic E-state index is 2.53. The normalized spacial score (nSPS) is 13.3. The van der Waals surface area contributed by atoms with E-state index in [0.717, 1.165) is 0 Å². The lowest BCUT2D eigenvalue weighted by atomic mass is 9.74. The molecule has 0 bridgehead atoms. The molecule has 0 heterocycles. The van der Waals surface area contributed by atoms with Gasteiger partial charge in [0, 0.05) is 0 Å². The first-order valence-electron chi connectivity index (χ1n) is 8.99. The molecular weight excluding hydrogens is 264 g/mol. The van der Waals surface area contributed by atoms with Crippen LogP contribution in [0.1, 0.15) is 91.5 Å². The molecule has 0 N–H and O–H groups in total. The van der Waals surface area contributed by atoms with E-state index >= 15 is 0 Å². The van der Waals surface area contributed by atoms with Crippen LogP contribution in [0, 0.1) is 11.8 Å². The lowest BCUT2D eigenvalue weighted by molar-refractivity contribution is 0.543. The second-order valence-electron chi connectivity index (χ2n) is 9.86. The molecule has 1 aromatic rings. The summed E-state index contributed by atoms with van der Waals surface area (Å²) in [5.74, 6) is 1.40. The zero-order chi connectivity index (χ0) is 17.3. The van der Waals surface area contributed by atoms with Crippen LogP contribution < -0.4 is 0 Å². The molecule has 1 rings (SSSR count). The summed E-state index contributed by atoms with van der Waals surface area (Å²) in [4.78, 5) is 0. The van der Waals surface area contributed by atoms with Gasteiger partial charge >= 0.3 is 0 Å². The summed E-state index contributed by atoms with van der Waals surface area (Å²) in [6, 6.07) is 5.05. The van der Waals surface area contributed by atoms with Crippen molar-refractivity contribution in [2.24, 2.45) is 11.8 Å². The molecule has 0 amide bonds. The van der Waals surface area contributed by atoms with Crippen LogP contribution in [0.2, 0.25) is 0 Å². The molecule has 0 spiro atoms. The van der Waals surface area contributed by atoms with Gasteiger partial charge in [0.05, 0.1) is 0 Å². The molecule has 0 aliphatic carbocycles. The van der Waals surface area contributed by atoms with Gasteiger partial charge in [0.15, 0.2) is 0 Å². The van der Waals surface area contributed by atoms with Gasteiger partial charge in [0.2, 0.25) is 0 Å². The Kier molecular flexibility index (Phi) is 5.93. The van der Waals surface area contributed by atoms with Gasteiger partial charge in [-0.05, 0) is 57.8 Å². The van der Waals surface area contributed by atoms with E-state index in [0.29, 0.717) is 11.8 Å². The van der Waals surface area contributed by atoms with Gasteiger partial charge in [0.25, 0.3) is 0 Å². The minimum Gasteiger partial charge on any atom is -0.0625 e. The Morgan fingerprint density at radius 1 is 0.636 bits per heavy atom. The van der Waals surface area contributed by atoms with E-state index in [-0.39, 0.29) is 10.8 Å².